The zero-order chi connectivity index (χ0) is 23.7. The van der Waals surface area contributed by atoms with E-state index in [9.17, 15) is 19.8 Å². The van der Waals surface area contributed by atoms with Crippen LogP contribution < -0.4 is 4.74 Å². The van der Waals surface area contributed by atoms with Crippen molar-refractivity contribution in [2.75, 3.05) is 0 Å². The molecule has 0 saturated carbocycles. The first-order chi connectivity index (χ1) is 16.5. The fourth-order valence-electron chi connectivity index (χ4n) is 4.13. The van der Waals surface area contributed by atoms with Crippen LogP contribution in [0.2, 0.25) is 0 Å². The quantitative estimate of drug-likeness (QED) is 0.250. The minimum absolute atomic E-state index is 0.273. The first-order valence-electron chi connectivity index (χ1n) is 10.6. The third-order valence-electron chi connectivity index (χ3n) is 5.71. The summed E-state index contributed by atoms with van der Waals surface area (Å²) in [6.45, 7) is 0.351. The molecule has 0 fully saturated rings. The van der Waals surface area contributed by atoms with E-state index in [2.05, 4.69) is 9.97 Å². The Labute approximate surface area is 193 Å². The first-order valence-corrected chi connectivity index (χ1v) is 10.6. The summed E-state index contributed by atoms with van der Waals surface area (Å²) in [5, 5.41) is 21.4. The fraction of sp³-hybridized carbons (Fsp3) is 0.0370. The number of carboxylic acid groups (broad SMARTS) is 2. The summed E-state index contributed by atoms with van der Waals surface area (Å²) < 4.78 is 5.90. The van der Waals surface area contributed by atoms with Crippen LogP contribution in [-0.4, -0.2) is 32.1 Å². The van der Waals surface area contributed by atoms with Gasteiger partial charge < -0.3 is 24.9 Å². The Morgan fingerprint density at radius 1 is 0.706 bits per heavy atom. The average molecular weight is 452 g/mol. The monoisotopic (exact) mass is 452 g/mol. The largest absolute Gasteiger partial charge is 0.489 e. The number of aliphatic carboxylic acids is 2. The number of hydrogen-bond acceptors (Lipinski definition) is 3. The predicted octanol–water partition coefficient (Wildman–Crippen LogP) is 5.31. The van der Waals surface area contributed by atoms with Crippen LogP contribution in [0.4, 0.5) is 0 Å². The molecule has 0 unspecified atom stereocenters. The normalized spacial score (nSPS) is 12.0. The van der Waals surface area contributed by atoms with E-state index in [-0.39, 0.29) is 16.7 Å². The van der Waals surface area contributed by atoms with E-state index in [1.165, 1.54) is 12.4 Å². The predicted molar refractivity (Wildman–Crippen MR) is 129 cm³/mol. The van der Waals surface area contributed by atoms with Gasteiger partial charge in [0, 0.05) is 45.3 Å². The molecule has 0 aliphatic rings. The van der Waals surface area contributed by atoms with Crippen LogP contribution >= 0.6 is 0 Å². The molecule has 0 atom stereocenters. The lowest BCUT2D eigenvalue weighted by Crippen LogP contribution is -2.09. The molecule has 0 amide bonds. The van der Waals surface area contributed by atoms with Gasteiger partial charge in [-0.05, 0) is 29.8 Å². The molecule has 5 aromatic rings. The van der Waals surface area contributed by atoms with Crippen molar-refractivity contribution in [2.24, 2.45) is 0 Å². The molecule has 7 nitrogen and oxygen atoms in total. The molecule has 168 valence electrons. The lowest BCUT2D eigenvalue weighted by Gasteiger charge is -2.10. The molecule has 34 heavy (non-hydrogen) atoms. The summed E-state index contributed by atoms with van der Waals surface area (Å²) in [7, 11) is 0. The molecule has 0 spiro atoms. The van der Waals surface area contributed by atoms with Crippen LogP contribution in [0.3, 0.4) is 0 Å². The minimum Gasteiger partial charge on any atom is -0.489 e. The number of para-hydroxylation sites is 1. The number of H-pyrrole nitrogens is 2. The highest BCUT2D eigenvalue weighted by Crippen LogP contribution is 2.36. The molecule has 0 saturated heterocycles. The highest BCUT2D eigenvalue weighted by atomic mass is 16.5. The summed E-state index contributed by atoms with van der Waals surface area (Å²) in [6.07, 6.45) is 3.05. The number of carboxylic acids is 2. The second-order valence-electron chi connectivity index (χ2n) is 7.79. The molecule has 2 aromatic heterocycles. The Hall–Kier alpha value is -4.78. The summed E-state index contributed by atoms with van der Waals surface area (Å²) >= 11 is 0. The van der Waals surface area contributed by atoms with Gasteiger partial charge >= 0.3 is 11.9 Å². The van der Waals surface area contributed by atoms with Crippen molar-refractivity contribution in [3.63, 3.8) is 0 Å². The van der Waals surface area contributed by atoms with Gasteiger partial charge in [-0.25, -0.2) is 9.59 Å². The summed E-state index contributed by atoms with van der Waals surface area (Å²) in [5.41, 5.74) is 2.38. The molecule has 2 heterocycles. The fourth-order valence-corrected chi connectivity index (χ4v) is 4.13. The van der Waals surface area contributed by atoms with Crippen molar-refractivity contribution in [1.82, 2.24) is 9.97 Å². The smallest absolute Gasteiger partial charge is 0.337 e. The lowest BCUT2D eigenvalue weighted by atomic mass is 9.94. The van der Waals surface area contributed by atoms with E-state index in [0.29, 0.717) is 34.2 Å². The van der Waals surface area contributed by atoms with Gasteiger partial charge in [0.25, 0.3) is 0 Å². The molecular weight excluding hydrogens is 432 g/mol. The van der Waals surface area contributed by atoms with Crippen LogP contribution in [0.15, 0.2) is 85.2 Å². The number of rotatable bonds is 7. The van der Waals surface area contributed by atoms with E-state index in [4.69, 9.17) is 4.74 Å². The maximum atomic E-state index is 12.4. The Morgan fingerprint density at radius 2 is 1.29 bits per heavy atom. The van der Waals surface area contributed by atoms with Crippen LogP contribution in [-0.2, 0) is 16.2 Å². The molecule has 0 bridgehead atoms. The van der Waals surface area contributed by atoms with Crippen molar-refractivity contribution < 1.29 is 24.5 Å². The average Bonchev–Trinajstić information content (AvgIpc) is 3.45. The molecule has 0 aliphatic carbocycles. The standard InChI is InChI=1S/C27H20N2O5/c30-26(31)24(20-13-28-22-9-5-4-8-18(20)22)25(27(32)33)21-14-29-23-11-10-17(12-19(21)23)34-15-16-6-2-1-3-7-16/h1-14,28-29H,15H2,(H,30,31)(H,32,33)/b25-24-. The highest BCUT2D eigenvalue weighted by molar-refractivity contribution is 6.39. The molecule has 0 aliphatic heterocycles. The molecule has 3 aromatic carbocycles. The van der Waals surface area contributed by atoms with Crippen LogP contribution in [0.1, 0.15) is 16.7 Å². The zero-order valence-electron chi connectivity index (χ0n) is 17.9. The number of nitrogens with one attached hydrogen (secondary N) is 2. The van der Waals surface area contributed by atoms with Gasteiger partial charge in [0.15, 0.2) is 0 Å². The van der Waals surface area contributed by atoms with Gasteiger partial charge in [-0.2, -0.15) is 0 Å². The third-order valence-corrected chi connectivity index (χ3v) is 5.71. The van der Waals surface area contributed by atoms with Crippen molar-refractivity contribution in [3.8, 4) is 5.75 Å². The maximum Gasteiger partial charge on any atom is 0.337 e. The van der Waals surface area contributed by atoms with Gasteiger partial charge in [0.05, 0.1) is 11.1 Å². The highest BCUT2D eigenvalue weighted by Gasteiger charge is 2.27. The first kappa shape index (κ1) is 21.1. The van der Waals surface area contributed by atoms with Gasteiger partial charge in [0.1, 0.15) is 12.4 Å². The molecule has 0 radical (unpaired) electrons. The van der Waals surface area contributed by atoms with Crippen molar-refractivity contribution in [2.45, 2.75) is 6.61 Å². The van der Waals surface area contributed by atoms with Crippen molar-refractivity contribution in [1.29, 1.82) is 0 Å². The van der Waals surface area contributed by atoms with Crippen LogP contribution in [0.25, 0.3) is 33.0 Å². The Balaban J connectivity index is 1.65. The van der Waals surface area contributed by atoms with E-state index in [1.54, 1.807) is 36.4 Å². The van der Waals surface area contributed by atoms with Gasteiger partial charge in [-0.3, -0.25) is 0 Å². The number of carbonyl (C=O) groups is 2. The van der Waals surface area contributed by atoms with Gasteiger partial charge in [-0.15, -0.1) is 0 Å². The van der Waals surface area contributed by atoms with Crippen molar-refractivity contribution >= 4 is 44.9 Å². The second-order valence-corrected chi connectivity index (χ2v) is 7.79. The molecule has 7 heteroatoms. The SMILES string of the molecule is O=C(O)/C(=C(\C(=O)O)c1c[nH]c2ccc(OCc3ccccc3)cc12)c1c[nH]c2ccccc12. The third kappa shape index (κ3) is 3.80. The van der Waals surface area contributed by atoms with Gasteiger partial charge in [0.2, 0.25) is 0 Å². The molecule has 5 rings (SSSR count). The zero-order valence-corrected chi connectivity index (χ0v) is 17.9. The molecular formula is C27H20N2O5. The number of benzene rings is 3. The summed E-state index contributed by atoms with van der Waals surface area (Å²) in [6, 6.07) is 22.1. The number of hydrogen-bond donors (Lipinski definition) is 4. The minimum atomic E-state index is -1.33. The summed E-state index contributed by atoms with van der Waals surface area (Å²) in [4.78, 5) is 30.9. The summed E-state index contributed by atoms with van der Waals surface area (Å²) in [5.74, 6) is -2.11. The van der Waals surface area contributed by atoms with E-state index in [1.807, 2.05) is 36.4 Å². The second kappa shape index (κ2) is 8.63. The Kier molecular flexibility index (Phi) is 5.35. The van der Waals surface area contributed by atoms with E-state index in [0.717, 1.165) is 11.1 Å². The number of aromatic amines is 2. The van der Waals surface area contributed by atoms with E-state index < -0.39 is 11.9 Å². The number of aromatic nitrogens is 2. The Bertz CT molecular complexity index is 1560. The lowest BCUT2D eigenvalue weighted by molar-refractivity contribution is -0.132. The van der Waals surface area contributed by atoms with Gasteiger partial charge in [-0.1, -0.05) is 48.5 Å². The van der Waals surface area contributed by atoms with Crippen LogP contribution in [0, 0.1) is 0 Å². The topological polar surface area (TPSA) is 115 Å². The number of ether oxygens (including phenoxy) is 1. The van der Waals surface area contributed by atoms with E-state index >= 15 is 0 Å². The molecule has 4 N–H and O–H groups in total. The maximum absolute atomic E-state index is 12.4. The Morgan fingerprint density at radius 3 is 1.97 bits per heavy atom. The number of fused-ring (bicyclic) bond motifs is 2. The van der Waals surface area contributed by atoms with Crippen LogP contribution in [0.5, 0.6) is 5.75 Å². The van der Waals surface area contributed by atoms with Crippen molar-refractivity contribution in [3.05, 3.63) is 102 Å².